The van der Waals surface area contributed by atoms with Crippen molar-refractivity contribution in [3.8, 4) is 0 Å². The van der Waals surface area contributed by atoms with Gasteiger partial charge in [0.2, 0.25) is 5.91 Å². The molecule has 3 heteroatoms. The first-order chi connectivity index (χ1) is 8.50. The minimum Gasteiger partial charge on any atom is -0.340 e. The minimum absolute atomic E-state index is 0.110. The lowest BCUT2D eigenvalue weighted by molar-refractivity contribution is -0.135. The van der Waals surface area contributed by atoms with Crippen LogP contribution in [0.5, 0.6) is 0 Å². The highest BCUT2D eigenvalue weighted by Crippen LogP contribution is 2.25. The molecule has 1 saturated carbocycles. The van der Waals surface area contributed by atoms with Crippen molar-refractivity contribution in [1.82, 2.24) is 4.90 Å². The average molecular weight is 253 g/mol. The van der Waals surface area contributed by atoms with Crippen LogP contribution in [0.25, 0.3) is 0 Å². The molecule has 0 aromatic rings. The highest BCUT2D eigenvalue weighted by atomic mass is 16.2. The van der Waals surface area contributed by atoms with Crippen LogP contribution in [-0.2, 0) is 9.59 Å². The molecule has 0 atom stereocenters. The van der Waals surface area contributed by atoms with Gasteiger partial charge in [0.15, 0.2) is 0 Å². The normalized spacial score (nSPS) is 16.2. The Morgan fingerprint density at radius 2 is 1.78 bits per heavy atom. The van der Waals surface area contributed by atoms with Crippen molar-refractivity contribution in [2.24, 2.45) is 5.92 Å². The Hall–Kier alpha value is -0.860. The Balaban J connectivity index is 2.51. The van der Waals surface area contributed by atoms with Crippen molar-refractivity contribution >= 4 is 11.7 Å². The Morgan fingerprint density at radius 1 is 1.17 bits per heavy atom. The second-order valence-corrected chi connectivity index (χ2v) is 5.91. The zero-order valence-electron chi connectivity index (χ0n) is 12.1. The van der Waals surface area contributed by atoms with E-state index in [1.54, 1.807) is 6.92 Å². The molecule has 0 unspecified atom stereocenters. The molecule has 1 aliphatic carbocycles. The molecular formula is C15H27NO2. The van der Waals surface area contributed by atoms with E-state index in [1.807, 2.05) is 0 Å². The second-order valence-electron chi connectivity index (χ2n) is 5.91. The first kappa shape index (κ1) is 15.2. The van der Waals surface area contributed by atoms with Gasteiger partial charge >= 0.3 is 0 Å². The van der Waals surface area contributed by atoms with E-state index in [4.69, 9.17) is 0 Å². The second kappa shape index (κ2) is 7.55. The molecule has 0 radical (unpaired) electrons. The van der Waals surface area contributed by atoms with Gasteiger partial charge in [-0.25, -0.2) is 0 Å². The van der Waals surface area contributed by atoms with E-state index in [1.165, 1.54) is 12.8 Å². The Labute approximate surface area is 111 Å². The van der Waals surface area contributed by atoms with Gasteiger partial charge in [-0.1, -0.05) is 26.7 Å². The van der Waals surface area contributed by atoms with E-state index < -0.39 is 0 Å². The van der Waals surface area contributed by atoms with Crippen molar-refractivity contribution in [3.05, 3.63) is 0 Å². The summed E-state index contributed by atoms with van der Waals surface area (Å²) in [5, 5.41) is 0. The van der Waals surface area contributed by atoms with Gasteiger partial charge in [-0.15, -0.1) is 0 Å². The molecule has 18 heavy (non-hydrogen) atoms. The molecule has 0 aliphatic heterocycles. The van der Waals surface area contributed by atoms with Crippen molar-refractivity contribution in [1.29, 1.82) is 0 Å². The van der Waals surface area contributed by atoms with Gasteiger partial charge in [-0.05, 0) is 32.1 Å². The molecule has 0 N–H and O–H groups in total. The summed E-state index contributed by atoms with van der Waals surface area (Å²) in [6.45, 7) is 6.79. The Bertz CT molecular complexity index is 280. The van der Waals surface area contributed by atoms with Crippen LogP contribution in [0.2, 0.25) is 0 Å². The molecule has 1 fully saturated rings. The fraction of sp³-hybridized carbons (Fsp3) is 0.867. The van der Waals surface area contributed by atoms with Crippen LogP contribution in [0.4, 0.5) is 0 Å². The van der Waals surface area contributed by atoms with Gasteiger partial charge in [0, 0.05) is 25.4 Å². The molecule has 0 aromatic heterocycles. The lowest BCUT2D eigenvalue weighted by atomic mass is 10.1. The molecule has 0 spiro atoms. The third kappa shape index (κ3) is 5.19. The quantitative estimate of drug-likeness (QED) is 0.699. The van der Waals surface area contributed by atoms with Crippen LogP contribution in [0.1, 0.15) is 65.7 Å². The van der Waals surface area contributed by atoms with E-state index in [2.05, 4.69) is 18.7 Å². The van der Waals surface area contributed by atoms with Crippen molar-refractivity contribution in [2.75, 3.05) is 6.54 Å². The fourth-order valence-corrected chi connectivity index (χ4v) is 2.55. The first-order valence-corrected chi connectivity index (χ1v) is 7.29. The number of amides is 1. The molecule has 0 heterocycles. The van der Waals surface area contributed by atoms with Crippen LogP contribution in [0.3, 0.4) is 0 Å². The highest BCUT2D eigenvalue weighted by Gasteiger charge is 2.26. The predicted molar refractivity (Wildman–Crippen MR) is 73.3 cm³/mol. The third-order valence-electron chi connectivity index (χ3n) is 3.72. The molecule has 3 nitrogen and oxygen atoms in total. The predicted octanol–water partition coefficient (Wildman–Crippen LogP) is 3.17. The van der Waals surface area contributed by atoms with Gasteiger partial charge in [0.05, 0.1) is 0 Å². The lowest BCUT2D eigenvalue weighted by Crippen LogP contribution is -2.40. The van der Waals surface area contributed by atoms with Crippen LogP contribution < -0.4 is 0 Å². The number of hydrogen-bond acceptors (Lipinski definition) is 2. The van der Waals surface area contributed by atoms with Crippen LogP contribution >= 0.6 is 0 Å². The smallest absolute Gasteiger partial charge is 0.223 e. The number of nitrogens with zero attached hydrogens (tertiary/aromatic N) is 1. The summed E-state index contributed by atoms with van der Waals surface area (Å²) < 4.78 is 0. The van der Waals surface area contributed by atoms with Crippen LogP contribution in [0, 0.1) is 5.92 Å². The van der Waals surface area contributed by atoms with Gasteiger partial charge in [-0.3, -0.25) is 4.79 Å². The topological polar surface area (TPSA) is 37.4 Å². The average Bonchev–Trinajstić information content (AvgIpc) is 2.79. The zero-order valence-corrected chi connectivity index (χ0v) is 12.1. The summed E-state index contributed by atoms with van der Waals surface area (Å²) in [4.78, 5) is 25.3. The third-order valence-corrected chi connectivity index (χ3v) is 3.72. The van der Waals surface area contributed by atoms with Crippen molar-refractivity contribution in [3.63, 3.8) is 0 Å². The first-order valence-electron chi connectivity index (χ1n) is 7.29. The molecule has 0 aromatic carbocycles. The fourth-order valence-electron chi connectivity index (χ4n) is 2.55. The van der Waals surface area contributed by atoms with Gasteiger partial charge < -0.3 is 9.69 Å². The van der Waals surface area contributed by atoms with E-state index in [9.17, 15) is 9.59 Å². The van der Waals surface area contributed by atoms with Gasteiger partial charge in [0.25, 0.3) is 0 Å². The molecule has 0 saturated heterocycles. The summed E-state index contributed by atoms with van der Waals surface area (Å²) in [6, 6.07) is 0.434. The maximum atomic E-state index is 12.2. The summed E-state index contributed by atoms with van der Waals surface area (Å²) in [6.07, 6.45) is 6.61. The SMILES string of the molecule is CC(=O)CCC(=O)N(CCC(C)C)C1CCCC1. The lowest BCUT2D eigenvalue weighted by Gasteiger charge is -2.29. The van der Waals surface area contributed by atoms with Crippen LogP contribution in [0.15, 0.2) is 0 Å². The number of rotatable bonds is 7. The van der Waals surface area contributed by atoms with Crippen molar-refractivity contribution in [2.45, 2.75) is 71.8 Å². The summed E-state index contributed by atoms with van der Waals surface area (Å²) in [5.74, 6) is 0.908. The van der Waals surface area contributed by atoms with E-state index >= 15 is 0 Å². The monoisotopic (exact) mass is 253 g/mol. The van der Waals surface area contributed by atoms with Crippen LogP contribution in [-0.4, -0.2) is 29.2 Å². The zero-order chi connectivity index (χ0) is 13.5. The van der Waals surface area contributed by atoms with E-state index in [0.717, 1.165) is 25.8 Å². The number of carbonyl (C=O) groups excluding carboxylic acids is 2. The maximum Gasteiger partial charge on any atom is 0.223 e. The molecule has 0 bridgehead atoms. The van der Waals surface area contributed by atoms with Gasteiger partial charge in [-0.2, -0.15) is 0 Å². The highest BCUT2D eigenvalue weighted by molar-refractivity contribution is 5.83. The molecular weight excluding hydrogens is 226 g/mol. The van der Waals surface area contributed by atoms with Gasteiger partial charge in [0.1, 0.15) is 5.78 Å². The molecule has 104 valence electrons. The largest absolute Gasteiger partial charge is 0.340 e. The summed E-state index contributed by atoms with van der Waals surface area (Å²) in [5.41, 5.74) is 0. The standard InChI is InChI=1S/C15H27NO2/c1-12(2)10-11-16(14-6-4-5-7-14)15(18)9-8-13(3)17/h12,14H,4-11H2,1-3H3. The maximum absolute atomic E-state index is 12.2. The molecule has 1 amide bonds. The molecule has 1 rings (SSSR count). The number of hydrogen-bond donors (Lipinski definition) is 0. The Kier molecular flexibility index (Phi) is 6.37. The molecule has 1 aliphatic rings. The van der Waals surface area contributed by atoms with E-state index in [0.29, 0.717) is 24.8 Å². The number of ketones is 1. The summed E-state index contributed by atoms with van der Waals surface area (Å²) >= 11 is 0. The summed E-state index contributed by atoms with van der Waals surface area (Å²) in [7, 11) is 0. The number of carbonyl (C=O) groups is 2. The number of Topliss-reactive ketones (excluding diaryl/α,β-unsaturated/α-hetero) is 1. The Morgan fingerprint density at radius 3 is 2.28 bits per heavy atom. The van der Waals surface area contributed by atoms with E-state index in [-0.39, 0.29) is 11.7 Å². The minimum atomic E-state index is 0.110. The van der Waals surface area contributed by atoms with Crippen molar-refractivity contribution < 1.29 is 9.59 Å².